The molecule has 0 aliphatic heterocycles. The third-order valence-corrected chi connectivity index (χ3v) is 19.9. The van der Waals surface area contributed by atoms with Crippen LogP contribution in [0.2, 0.25) is 0 Å². The summed E-state index contributed by atoms with van der Waals surface area (Å²) in [7, 11) is 0. The van der Waals surface area contributed by atoms with Crippen molar-refractivity contribution in [2.24, 2.45) is 0 Å². The maximum absolute atomic E-state index is 3.48. The summed E-state index contributed by atoms with van der Waals surface area (Å²) in [6.45, 7) is 0. The van der Waals surface area contributed by atoms with Crippen LogP contribution in [0, 0.1) is 33.4 Å². The summed E-state index contributed by atoms with van der Waals surface area (Å²) in [6, 6.07) is 44.5. The van der Waals surface area contributed by atoms with Crippen LogP contribution < -0.4 is 4.32 Å². The monoisotopic (exact) mass is 448 g/mol. The van der Waals surface area contributed by atoms with Gasteiger partial charge < -0.3 is 0 Å². The van der Waals surface area contributed by atoms with Gasteiger partial charge in [-0.3, -0.25) is 0 Å². The molecule has 0 heterocycles. The first-order valence-corrected chi connectivity index (χ1v) is 14.9. The Morgan fingerprint density at radius 2 is 0.480 bits per heavy atom. The number of hydrogen-bond acceptors (Lipinski definition) is 0. The van der Waals surface area contributed by atoms with Gasteiger partial charge in [0, 0.05) is 0 Å². The van der Waals surface area contributed by atoms with E-state index in [1.54, 1.807) is 0 Å². The van der Waals surface area contributed by atoms with Crippen LogP contribution in [0.3, 0.4) is 0 Å². The molecule has 0 atom stereocenters. The number of benzene rings is 4. The van der Waals surface area contributed by atoms with Crippen molar-refractivity contribution in [1.82, 2.24) is 0 Å². The summed E-state index contributed by atoms with van der Waals surface area (Å²) < 4.78 is 5.99. The van der Waals surface area contributed by atoms with E-state index in [4.69, 9.17) is 0 Å². The van der Waals surface area contributed by atoms with E-state index in [-0.39, 0.29) is 0 Å². The summed E-state index contributed by atoms with van der Waals surface area (Å²) >= 11 is -3.48. The van der Waals surface area contributed by atoms with Crippen LogP contribution in [0.5, 0.6) is 0 Å². The molecule has 0 fully saturated rings. The second-order valence-electron chi connectivity index (χ2n) is 6.21. The van der Waals surface area contributed by atoms with E-state index in [0.29, 0.717) is 0 Å². The number of hydrogen-bond donors (Lipinski definition) is 0. The molecule has 1 heteroatoms. The molecule has 0 aliphatic rings. The first kappa shape index (κ1) is 16.7. The van der Waals surface area contributed by atoms with E-state index in [1.807, 2.05) is 0 Å². The van der Waals surface area contributed by atoms with Gasteiger partial charge in [-0.2, -0.15) is 0 Å². The van der Waals surface area contributed by atoms with Crippen molar-refractivity contribution in [3.8, 4) is 0 Å². The summed E-state index contributed by atoms with van der Waals surface area (Å²) in [6.07, 6.45) is 0. The van der Waals surface area contributed by atoms with Crippen molar-refractivity contribution in [1.29, 1.82) is 0 Å². The number of rotatable bonds is 4. The molecule has 4 rings (SSSR count). The molecule has 0 bridgehead atoms. The third-order valence-electron chi connectivity index (χ3n) is 4.83. The summed E-state index contributed by atoms with van der Waals surface area (Å²) in [5.41, 5.74) is 0. The van der Waals surface area contributed by atoms with E-state index in [2.05, 4.69) is 121 Å². The predicted molar refractivity (Wildman–Crippen MR) is 104 cm³/mol. The molecule has 25 heavy (non-hydrogen) atoms. The fraction of sp³-hybridized carbons (Fsp3) is 0. The first-order valence-electron chi connectivity index (χ1n) is 8.64. The van der Waals surface area contributed by atoms with E-state index < -0.39 is 33.4 Å². The Kier molecular flexibility index (Phi) is 5.11. The van der Waals surface area contributed by atoms with Gasteiger partial charge in [0.1, 0.15) is 0 Å². The van der Waals surface area contributed by atoms with Gasteiger partial charge in [-0.1, -0.05) is 0 Å². The zero-order chi connectivity index (χ0) is 17.0. The van der Waals surface area contributed by atoms with Crippen molar-refractivity contribution in [3.63, 3.8) is 0 Å². The maximum atomic E-state index is 2.33. The molecule has 0 aliphatic carbocycles. The van der Waals surface area contributed by atoms with Gasteiger partial charge in [-0.15, -0.1) is 0 Å². The van der Waals surface area contributed by atoms with Gasteiger partial charge in [0.25, 0.3) is 0 Å². The summed E-state index contributed by atoms with van der Waals surface area (Å²) in [4.78, 5) is 0. The Hall–Kier alpha value is -1.74. The second-order valence-corrected chi connectivity index (χ2v) is 18.2. The molecule has 120 valence electrons. The molecule has 0 unspecified atom stereocenters. The Bertz CT molecular complexity index is 753. The quantitative estimate of drug-likeness (QED) is 0.449. The zero-order valence-electron chi connectivity index (χ0n) is 14.0. The van der Waals surface area contributed by atoms with Crippen molar-refractivity contribution in [2.75, 3.05) is 0 Å². The Balaban J connectivity index is 2.13. The van der Waals surface area contributed by atoms with E-state index >= 15 is 0 Å². The third kappa shape index (κ3) is 3.10. The SMILES string of the molecule is c1cc[c]([Ce]([c]2ccccc2)([c]2ccccc2)[c]2ccccc2)cc1. The molecule has 0 N–H and O–H groups in total. The van der Waals surface area contributed by atoms with Crippen LogP contribution in [0.1, 0.15) is 0 Å². The Morgan fingerprint density at radius 1 is 0.280 bits per heavy atom. The van der Waals surface area contributed by atoms with Crippen molar-refractivity contribution >= 4 is 4.32 Å². The molecule has 4 aromatic carbocycles. The van der Waals surface area contributed by atoms with Gasteiger partial charge in [0.2, 0.25) is 0 Å². The van der Waals surface area contributed by atoms with E-state index in [9.17, 15) is 0 Å². The topological polar surface area (TPSA) is 0 Å². The van der Waals surface area contributed by atoms with Crippen LogP contribution in [-0.4, -0.2) is 0 Å². The van der Waals surface area contributed by atoms with E-state index in [0.717, 1.165) is 0 Å². The molecule has 0 aromatic heterocycles. The second kappa shape index (κ2) is 7.65. The van der Waals surface area contributed by atoms with Crippen molar-refractivity contribution in [2.45, 2.75) is 0 Å². The molecule has 4 aromatic rings. The van der Waals surface area contributed by atoms with Crippen LogP contribution in [-0.2, 0) is 0 Å². The normalized spacial score (nSPS) is 11.2. The first-order chi connectivity index (χ1) is 12.4. The summed E-state index contributed by atoms with van der Waals surface area (Å²) in [5, 5.41) is 0. The predicted octanol–water partition coefficient (Wildman–Crippen LogP) is 3.44. The summed E-state index contributed by atoms with van der Waals surface area (Å²) in [5.74, 6) is 0. The average molecular weight is 449 g/mol. The van der Waals surface area contributed by atoms with E-state index in [1.165, 1.54) is 4.32 Å². The van der Waals surface area contributed by atoms with Crippen LogP contribution >= 0.6 is 0 Å². The fourth-order valence-corrected chi connectivity index (χ4v) is 18.7. The average Bonchev–Trinajstić information content (AvgIpc) is 2.72. The van der Waals surface area contributed by atoms with Gasteiger partial charge in [-0.25, -0.2) is 0 Å². The molecular formula is C24H20Ce. The minimum atomic E-state index is -3.48. The zero-order valence-corrected chi connectivity index (χ0v) is 17.2. The van der Waals surface area contributed by atoms with Crippen LogP contribution in [0.25, 0.3) is 0 Å². The van der Waals surface area contributed by atoms with Crippen LogP contribution in [0.4, 0.5) is 0 Å². The molecule has 0 spiro atoms. The standard InChI is InChI=1S/4C6H5.Ce/c4*1-2-4-6-5-3-1;/h4*1-5H;. The van der Waals surface area contributed by atoms with Gasteiger partial charge in [0.05, 0.1) is 0 Å². The van der Waals surface area contributed by atoms with Crippen molar-refractivity contribution in [3.05, 3.63) is 121 Å². The molecule has 0 saturated carbocycles. The minimum absolute atomic E-state index is 1.50. The molecule has 0 amide bonds. The van der Waals surface area contributed by atoms with Crippen LogP contribution in [0.15, 0.2) is 121 Å². The molecule has 0 nitrogen and oxygen atoms in total. The van der Waals surface area contributed by atoms with Gasteiger partial charge in [0.15, 0.2) is 0 Å². The molecule has 0 saturated heterocycles. The van der Waals surface area contributed by atoms with Crippen molar-refractivity contribution < 1.29 is 33.4 Å². The fourth-order valence-electron chi connectivity index (χ4n) is 3.75. The Morgan fingerprint density at radius 3 is 0.680 bits per heavy atom. The van der Waals surface area contributed by atoms with Gasteiger partial charge in [-0.05, 0) is 0 Å². The molecular weight excluding hydrogens is 428 g/mol. The van der Waals surface area contributed by atoms with Gasteiger partial charge >= 0.3 is 159 Å². The molecule has 0 radical (unpaired) electrons. The Labute approximate surface area is 157 Å².